The molecule has 2 aliphatic heterocycles. The first-order chi connectivity index (χ1) is 14.1. The summed E-state index contributed by atoms with van der Waals surface area (Å²) in [5.41, 5.74) is 3.51. The summed E-state index contributed by atoms with van der Waals surface area (Å²) in [7, 11) is 3.45. The molecule has 4 rings (SSSR count). The van der Waals surface area contributed by atoms with Crippen LogP contribution >= 0.6 is 0 Å². The number of anilines is 1. The van der Waals surface area contributed by atoms with Gasteiger partial charge in [0.05, 0.1) is 25.2 Å². The Morgan fingerprint density at radius 1 is 1.10 bits per heavy atom. The van der Waals surface area contributed by atoms with Crippen molar-refractivity contribution in [2.75, 3.05) is 38.8 Å². The fourth-order valence-electron chi connectivity index (χ4n) is 4.76. The number of nitrogens with zero attached hydrogens (tertiary/aromatic N) is 2. The normalized spacial score (nSPS) is 20.4. The maximum absolute atomic E-state index is 12.9. The van der Waals surface area contributed by atoms with Gasteiger partial charge in [-0.15, -0.1) is 0 Å². The molecule has 0 N–H and O–H groups in total. The van der Waals surface area contributed by atoms with Crippen molar-refractivity contribution in [1.29, 1.82) is 0 Å². The molecule has 1 amide bonds. The Hall–Kier alpha value is -2.53. The van der Waals surface area contributed by atoms with Gasteiger partial charge in [0, 0.05) is 32.4 Å². The fraction of sp³-hybridized carbons (Fsp3) is 0.458. The smallest absolute Gasteiger partial charge is 0.226 e. The Kier molecular flexibility index (Phi) is 5.50. The number of benzene rings is 2. The van der Waals surface area contributed by atoms with Gasteiger partial charge < -0.3 is 19.3 Å². The largest absolute Gasteiger partial charge is 0.497 e. The van der Waals surface area contributed by atoms with Crippen LogP contribution in [0.5, 0.6) is 5.75 Å². The molecule has 0 unspecified atom stereocenters. The first-order valence-corrected chi connectivity index (χ1v) is 10.3. The van der Waals surface area contributed by atoms with E-state index in [1.165, 1.54) is 11.3 Å². The van der Waals surface area contributed by atoms with E-state index in [2.05, 4.69) is 36.1 Å². The third-order valence-electron chi connectivity index (χ3n) is 6.59. The highest BCUT2D eigenvalue weighted by atomic mass is 16.5. The van der Waals surface area contributed by atoms with Gasteiger partial charge in [-0.05, 0) is 49.6 Å². The van der Waals surface area contributed by atoms with Crippen LogP contribution in [0.4, 0.5) is 5.69 Å². The monoisotopic (exact) mass is 394 g/mol. The van der Waals surface area contributed by atoms with Crippen molar-refractivity contribution in [3.05, 3.63) is 59.7 Å². The molecule has 2 fully saturated rings. The van der Waals surface area contributed by atoms with Crippen LogP contribution in [-0.2, 0) is 16.0 Å². The molecule has 5 nitrogen and oxygen atoms in total. The quantitative estimate of drug-likeness (QED) is 0.779. The fourth-order valence-corrected chi connectivity index (χ4v) is 4.76. The topological polar surface area (TPSA) is 42.0 Å². The number of amides is 1. The highest BCUT2D eigenvalue weighted by molar-refractivity contribution is 5.79. The molecule has 2 aromatic rings. The SMILES string of the molecule is COc1cccc(CC(=O)N2CCC3(CC2)[C@@H](OC)CN3c2ccc(C)cc2)c1. The van der Waals surface area contributed by atoms with Gasteiger partial charge in [-0.3, -0.25) is 4.79 Å². The van der Waals surface area contributed by atoms with Crippen LogP contribution in [0.2, 0.25) is 0 Å². The molecule has 0 saturated carbocycles. The van der Waals surface area contributed by atoms with Crippen molar-refractivity contribution >= 4 is 11.6 Å². The number of hydrogen-bond donors (Lipinski definition) is 0. The summed E-state index contributed by atoms with van der Waals surface area (Å²) < 4.78 is 11.1. The Morgan fingerprint density at radius 3 is 2.48 bits per heavy atom. The summed E-state index contributed by atoms with van der Waals surface area (Å²) in [5.74, 6) is 0.974. The number of rotatable bonds is 5. The Balaban J connectivity index is 1.42. The summed E-state index contributed by atoms with van der Waals surface area (Å²) in [5, 5.41) is 0. The van der Waals surface area contributed by atoms with Crippen LogP contribution in [0.25, 0.3) is 0 Å². The average molecular weight is 395 g/mol. The predicted octanol–water partition coefficient (Wildman–Crippen LogP) is 3.44. The van der Waals surface area contributed by atoms with Gasteiger partial charge in [-0.1, -0.05) is 29.8 Å². The van der Waals surface area contributed by atoms with Crippen LogP contribution < -0.4 is 9.64 Å². The molecule has 5 heteroatoms. The van der Waals surface area contributed by atoms with Crippen LogP contribution in [0.3, 0.4) is 0 Å². The predicted molar refractivity (Wildman–Crippen MR) is 115 cm³/mol. The molecule has 0 aliphatic carbocycles. The summed E-state index contributed by atoms with van der Waals surface area (Å²) >= 11 is 0. The molecular weight excluding hydrogens is 364 g/mol. The van der Waals surface area contributed by atoms with Crippen LogP contribution in [0.15, 0.2) is 48.5 Å². The van der Waals surface area contributed by atoms with Crippen molar-refractivity contribution in [1.82, 2.24) is 4.90 Å². The minimum atomic E-state index is -0.00322. The van der Waals surface area contributed by atoms with Gasteiger partial charge in [0.1, 0.15) is 5.75 Å². The summed E-state index contributed by atoms with van der Waals surface area (Å²) in [6, 6.07) is 16.5. The van der Waals surface area contributed by atoms with E-state index in [4.69, 9.17) is 9.47 Å². The van der Waals surface area contributed by atoms with Gasteiger partial charge in [-0.2, -0.15) is 0 Å². The third-order valence-corrected chi connectivity index (χ3v) is 6.59. The number of likely N-dealkylation sites (tertiary alicyclic amines) is 1. The number of piperidine rings is 1. The minimum absolute atomic E-state index is 0.00322. The van der Waals surface area contributed by atoms with E-state index in [-0.39, 0.29) is 17.6 Å². The number of methoxy groups -OCH3 is 2. The maximum Gasteiger partial charge on any atom is 0.226 e. The number of aryl methyl sites for hydroxylation is 1. The molecule has 154 valence electrons. The molecular formula is C24H30N2O3. The highest BCUT2D eigenvalue weighted by Crippen LogP contribution is 2.44. The maximum atomic E-state index is 12.9. The Morgan fingerprint density at radius 2 is 1.83 bits per heavy atom. The van der Waals surface area contributed by atoms with Gasteiger partial charge in [0.25, 0.3) is 0 Å². The first-order valence-electron chi connectivity index (χ1n) is 10.3. The third kappa shape index (κ3) is 3.71. The van der Waals surface area contributed by atoms with Crippen LogP contribution in [0, 0.1) is 6.92 Å². The van der Waals surface area contributed by atoms with E-state index in [0.29, 0.717) is 6.42 Å². The lowest BCUT2D eigenvalue weighted by Gasteiger charge is -2.61. The number of carbonyl (C=O) groups is 1. The van der Waals surface area contributed by atoms with Gasteiger partial charge in [0.2, 0.25) is 5.91 Å². The van der Waals surface area contributed by atoms with Crippen molar-refractivity contribution in [3.8, 4) is 5.75 Å². The van der Waals surface area contributed by atoms with Crippen molar-refractivity contribution < 1.29 is 14.3 Å². The lowest BCUT2D eigenvalue weighted by atomic mass is 9.73. The molecule has 1 spiro atoms. The zero-order valence-electron chi connectivity index (χ0n) is 17.6. The summed E-state index contributed by atoms with van der Waals surface area (Å²) in [6.07, 6.45) is 2.51. The van der Waals surface area contributed by atoms with E-state index in [1.54, 1.807) is 14.2 Å². The molecule has 2 aliphatic rings. The molecule has 2 heterocycles. The van der Waals surface area contributed by atoms with Crippen LogP contribution in [-0.4, -0.2) is 56.3 Å². The van der Waals surface area contributed by atoms with Crippen molar-refractivity contribution in [2.24, 2.45) is 0 Å². The second kappa shape index (κ2) is 8.07. The zero-order valence-corrected chi connectivity index (χ0v) is 17.6. The van der Waals surface area contributed by atoms with E-state index in [9.17, 15) is 4.79 Å². The summed E-state index contributed by atoms with van der Waals surface area (Å²) in [4.78, 5) is 17.3. The second-order valence-electron chi connectivity index (χ2n) is 8.18. The average Bonchev–Trinajstić information content (AvgIpc) is 2.75. The Bertz CT molecular complexity index is 857. The van der Waals surface area contributed by atoms with Gasteiger partial charge >= 0.3 is 0 Å². The van der Waals surface area contributed by atoms with Crippen LogP contribution in [0.1, 0.15) is 24.0 Å². The lowest BCUT2D eigenvalue weighted by molar-refractivity contribution is -0.134. The number of ether oxygens (including phenoxy) is 2. The molecule has 2 aromatic carbocycles. The standard InChI is InChI=1S/C24H30N2O3/c1-18-7-9-20(10-8-18)26-17-22(29-3)24(26)11-13-25(14-12-24)23(27)16-19-5-4-6-21(15-19)28-2/h4-10,15,22H,11-14,16-17H2,1-3H3/t22-/m0/s1. The number of carbonyl (C=O) groups excluding carboxylic acids is 1. The molecule has 0 radical (unpaired) electrons. The van der Waals surface area contributed by atoms with E-state index >= 15 is 0 Å². The lowest BCUT2D eigenvalue weighted by Crippen LogP contribution is -2.74. The summed E-state index contributed by atoms with van der Waals surface area (Å²) in [6.45, 7) is 4.56. The van der Waals surface area contributed by atoms with Crippen molar-refractivity contribution in [2.45, 2.75) is 37.8 Å². The molecule has 0 bridgehead atoms. The minimum Gasteiger partial charge on any atom is -0.497 e. The van der Waals surface area contributed by atoms with E-state index in [1.807, 2.05) is 29.2 Å². The highest BCUT2D eigenvalue weighted by Gasteiger charge is 2.55. The molecule has 0 aromatic heterocycles. The first kappa shape index (κ1) is 19.8. The van der Waals surface area contributed by atoms with Crippen molar-refractivity contribution in [3.63, 3.8) is 0 Å². The van der Waals surface area contributed by atoms with Gasteiger partial charge in [0.15, 0.2) is 0 Å². The molecule has 29 heavy (non-hydrogen) atoms. The molecule has 2 saturated heterocycles. The second-order valence-corrected chi connectivity index (χ2v) is 8.18. The van der Waals surface area contributed by atoms with Gasteiger partial charge in [-0.25, -0.2) is 0 Å². The van der Waals surface area contributed by atoms with E-state index < -0.39 is 0 Å². The molecule has 1 atom stereocenters. The Labute approximate surface area is 173 Å². The number of hydrogen-bond acceptors (Lipinski definition) is 4. The van der Waals surface area contributed by atoms with E-state index in [0.717, 1.165) is 43.8 Å². The zero-order chi connectivity index (χ0) is 20.4.